The van der Waals surface area contributed by atoms with Crippen LogP contribution >= 0.6 is 0 Å². The van der Waals surface area contributed by atoms with Crippen molar-refractivity contribution in [3.05, 3.63) is 36.2 Å². The van der Waals surface area contributed by atoms with Crippen LogP contribution in [-0.4, -0.2) is 21.6 Å². The van der Waals surface area contributed by atoms with Crippen LogP contribution in [0.4, 0.5) is 5.69 Å². The molecule has 2 aromatic rings. The van der Waals surface area contributed by atoms with E-state index in [4.69, 9.17) is 10.5 Å². The second kappa shape index (κ2) is 4.76. The molecule has 5 nitrogen and oxygen atoms in total. The number of benzene rings is 1. The van der Waals surface area contributed by atoms with Crippen LogP contribution in [0.1, 0.15) is 12.6 Å². The smallest absolute Gasteiger partial charge is 0.109 e. The second-order valence-corrected chi connectivity index (χ2v) is 3.38. The van der Waals surface area contributed by atoms with Crippen molar-refractivity contribution in [1.82, 2.24) is 15.0 Å². The van der Waals surface area contributed by atoms with Gasteiger partial charge in [0, 0.05) is 12.3 Å². The van der Waals surface area contributed by atoms with Gasteiger partial charge in [0.25, 0.3) is 0 Å². The van der Waals surface area contributed by atoms with E-state index in [1.54, 1.807) is 4.68 Å². The Bertz CT molecular complexity index is 449. The van der Waals surface area contributed by atoms with Gasteiger partial charge in [0.05, 0.1) is 18.5 Å². The van der Waals surface area contributed by atoms with E-state index < -0.39 is 0 Å². The zero-order valence-electron chi connectivity index (χ0n) is 9.13. The summed E-state index contributed by atoms with van der Waals surface area (Å²) in [6.07, 6.45) is 1.85. The molecular formula is C11H14N4O. The molecule has 1 aromatic carbocycles. The molecular weight excluding hydrogens is 204 g/mol. The van der Waals surface area contributed by atoms with E-state index >= 15 is 0 Å². The monoisotopic (exact) mass is 218 g/mol. The average molecular weight is 218 g/mol. The number of nitrogens with two attached hydrogens (primary N) is 1. The number of nitrogens with zero attached hydrogens (tertiary/aromatic N) is 3. The summed E-state index contributed by atoms with van der Waals surface area (Å²) >= 11 is 0. The van der Waals surface area contributed by atoms with Gasteiger partial charge in [-0.05, 0) is 31.2 Å². The summed E-state index contributed by atoms with van der Waals surface area (Å²) in [5.41, 5.74) is 8.10. The Morgan fingerprint density at radius 3 is 2.75 bits per heavy atom. The van der Waals surface area contributed by atoms with Crippen LogP contribution in [0.3, 0.4) is 0 Å². The van der Waals surface area contributed by atoms with Crippen LogP contribution in [0.25, 0.3) is 5.69 Å². The molecule has 0 saturated carbocycles. The molecule has 0 bridgehead atoms. The first-order valence-electron chi connectivity index (χ1n) is 5.14. The standard InChI is InChI=1S/C11H14N4O/c1-2-16-8-10-7-15(14-13-10)11-5-3-9(12)4-6-11/h3-7H,2,8,12H2,1H3. The number of anilines is 1. The predicted octanol–water partition coefficient (Wildman–Crippen LogP) is 1.39. The van der Waals surface area contributed by atoms with E-state index in [2.05, 4.69) is 10.3 Å². The summed E-state index contributed by atoms with van der Waals surface area (Å²) in [5.74, 6) is 0. The lowest BCUT2D eigenvalue weighted by molar-refractivity contribution is 0.131. The van der Waals surface area contributed by atoms with E-state index in [0.29, 0.717) is 13.2 Å². The molecule has 0 aliphatic carbocycles. The van der Waals surface area contributed by atoms with Gasteiger partial charge in [0.1, 0.15) is 5.69 Å². The van der Waals surface area contributed by atoms with E-state index in [1.165, 1.54) is 0 Å². The number of ether oxygens (including phenoxy) is 1. The largest absolute Gasteiger partial charge is 0.399 e. The zero-order valence-corrected chi connectivity index (χ0v) is 9.13. The molecule has 1 aromatic heterocycles. The van der Waals surface area contributed by atoms with Crippen LogP contribution in [0, 0.1) is 0 Å². The van der Waals surface area contributed by atoms with Gasteiger partial charge in [-0.25, -0.2) is 4.68 Å². The van der Waals surface area contributed by atoms with E-state index in [1.807, 2.05) is 37.4 Å². The minimum Gasteiger partial charge on any atom is -0.399 e. The fourth-order valence-electron chi connectivity index (χ4n) is 1.32. The minimum absolute atomic E-state index is 0.492. The van der Waals surface area contributed by atoms with Crippen molar-refractivity contribution in [2.45, 2.75) is 13.5 Å². The summed E-state index contributed by atoms with van der Waals surface area (Å²) in [5, 5.41) is 8.02. The van der Waals surface area contributed by atoms with Gasteiger partial charge in [-0.3, -0.25) is 0 Å². The van der Waals surface area contributed by atoms with Gasteiger partial charge in [-0.15, -0.1) is 5.10 Å². The molecule has 0 saturated heterocycles. The first-order valence-corrected chi connectivity index (χ1v) is 5.14. The summed E-state index contributed by atoms with van der Waals surface area (Å²) < 4.78 is 6.95. The molecule has 2 rings (SSSR count). The van der Waals surface area contributed by atoms with Crippen molar-refractivity contribution in [2.24, 2.45) is 0 Å². The molecule has 0 aliphatic rings. The molecule has 0 radical (unpaired) electrons. The maximum absolute atomic E-state index is 5.61. The Morgan fingerprint density at radius 2 is 2.06 bits per heavy atom. The normalized spacial score (nSPS) is 10.6. The highest BCUT2D eigenvalue weighted by Crippen LogP contribution is 2.10. The van der Waals surface area contributed by atoms with E-state index in [9.17, 15) is 0 Å². The van der Waals surface area contributed by atoms with Gasteiger partial charge < -0.3 is 10.5 Å². The first-order chi connectivity index (χ1) is 7.79. The SMILES string of the molecule is CCOCc1cn(-c2ccc(N)cc2)nn1. The third-order valence-corrected chi connectivity index (χ3v) is 2.15. The Morgan fingerprint density at radius 1 is 1.31 bits per heavy atom. The number of aromatic nitrogens is 3. The minimum atomic E-state index is 0.492. The van der Waals surface area contributed by atoms with Crippen molar-refractivity contribution in [3.8, 4) is 5.69 Å². The summed E-state index contributed by atoms with van der Waals surface area (Å²) in [6, 6.07) is 7.46. The van der Waals surface area contributed by atoms with Gasteiger partial charge in [0.2, 0.25) is 0 Å². The van der Waals surface area contributed by atoms with Crippen molar-refractivity contribution < 1.29 is 4.74 Å². The third-order valence-electron chi connectivity index (χ3n) is 2.15. The number of rotatable bonds is 4. The van der Waals surface area contributed by atoms with Crippen molar-refractivity contribution in [1.29, 1.82) is 0 Å². The van der Waals surface area contributed by atoms with Crippen LogP contribution in [0.5, 0.6) is 0 Å². The van der Waals surface area contributed by atoms with E-state index in [-0.39, 0.29) is 0 Å². The highest BCUT2D eigenvalue weighted by molar-refractivity contribution is 5.44. The molecule has 84 valence electrons. The summed E-state index contributed by atoms with van der Waals surface area (Å²) in [6.45, 7) is 3.12. The van der Waals surface area contributed by atoms with Crippen molar-refractivity contribution in [3.63, 3.8) is 0 Å². The summed E-state index contributed by atoms with van der Waals surface area (Å²) in [7, 11) is 0. The maximum atomic E-state index is 5.61. The van der Waals surface area contributed by atoms with Crippen molar-refractivity contribution >= 4 is 5.69 Å². The quantitative estimate of drug-likeness (QED) is 0.787. The van der Waals surface area contributed by atoms with Gasteiger partial charge in [0.15, 0.2) is 0 Å². The van der Waals surface area contributed by atoms with Crippen LogP contribution in [0.2, 0.25) is 0 Å². The Hall–Kier alpha value is -1.88. The number of nitrogen functional groups attached to an aromatic ring is 1. The molecule has 2 N–H and O–H groups in total. The lowest BCUT2D eigenvalue weighted by Gasteiger charge is -1.99. The maximum Gasteiger partial charge on any atom is 0.109 e. The lowest BCUT2D eigenvalue weighted by Crippen LogP contribution is -1.95. The highest BCUT2D eigenvalue weighted by atomic mass is 16.5. The Labute approximate surface area is 93.8 Å². The van der Waals surface area contributed by atoms with E-state index in [0.717, 1.165) is 17.1 Å². The van der Waals surface area contributed by atoms with Crippen LogP contribution < -0.4 is 5.73 Å². The van der Waals surface area contributed by atoms with Crippen LogP contribution in [-0.2, 0) is 11.3 Å². The van der Waals surface area contributed by atoms with Gasteiger partial charge in [-0.1, -0.05) is 5.21 Å². The third kappa shape index (κ3) is 2.38. The van der Waals surface area contributed by atoms with Crippen molar-refractivity contribution in [2.75, 3.05) is 12.3 Å². The molecule has 0 amide bonds. The molecule has 0 spiro atoms. The molecule has 0 aliphatic heterocycles. The highest BCUT2D eigenvalue weighted by Gasteiger charge is 2.02. The molecule has 0 fully saturated rings. The predicted molar refractivity (Wildman–Crippen MR) is 61.1 cm³/mol. The summed E-state index contributed by atoms with van der Waals surface area (Å²) in [4.78, 5) is 0. The van der Waals surface area contributed by atoms with Gasteiger partial charge in [-0.2, -0.15) is 0 Å². The lowest BCUT2D eigenvalue weighted by atomic mass is 10.3. The molecule has 0 atom stereocenters. The molecule has 5 heteroatoms. The Balaban J connectivity index is 2.15. The van der Waals surface area contributed by atoms with Crippen LogP contribution in [0.15, 0.2) is 30.5 Å². The number of hydrogen-bond donors (Lipinski definition) is 1. The fourth-order valence-corrected chi connectivity index (χ4v) is 1.32. The zero-order chi connectivity index (χ0) is 11.4. The Kier molecular flexibility index (Phi) is 3.16. The number of hydrogen-bond acceptors (Lipinski definition) is 4. The molecule has 1 heterocycles. The van der Waals surface area contributed by atoms with Gasteiger partial charge >= 0.3 is 0 Å². The molecule has 0 unspecified atom stereocenters. The fraction of sp³-hybridized carbons (Fsp3) is 0.273. The second-order valence-electron chi connectivity index (χ2n) is 3.38. The average Bonchev–Trinajstić information content (AvgIpc) is 2.76. The first kappa shape index (κ1) is 10.6. The molecule has 16 heavy (non-hydrogen) atoms. The topological polar surface area (TPSA) is 66.0 Å².